The van der Waals surface area contributed by atoms with Gasteiger partial charge in [0.1, 0.15) is 27.8 Å². The van der Waals surface area contributed by atoms with E-state index in [1.165, 1.54) is 30.3 Å². The number of amidine groups is 1. The van der Waals surface area contributed by atoms with E-state index in [9.17, 15) is 31.5 Å². The number of anilines is 1. The van der Waals surface area contributed by atoms with Gasteiger partial charge >= 0.3 is 18.1 Å². The molecule has 0 aliphatic carbocycles. The Hall–Kier alpha value is -4.53. The monoisotopic (exact) mass is 643 g/mol. The van der Waals surface area contributed by atoms with Gasteiger partial charge < -0.3 is 20.7 Å². The number of benzene rings is 4. The maximum atomic E-state index is 12.8. The quantitative estimate of drug-likeness (QED) is 0.114. The molecule has 0 saturated heterocycles. The molecular weight excluding hydrogens is 626 g/mol. The minimum atomic E-state index is -5.08. The van der Waals surface area contributed by atoms with Crippen molar-refractivity contribution in [2.45, 2.75) is 11.1 Å². The summed E-state index contributed by atoms with van der Waals surface area (Å²) in [5.74, 6) is -3.73. The fourth-order valence-corrected chi connectivity index (χ4v) is 5.15. The van der Waals surface area contributed by atoms with Crippen LogP contribution in [0.5, 0.6) is 11.5 Å². The number of ether oxygens (including phenoxy) is 1. The van der Waals surface area contributed by atoms with Crippen LogP contribution in [0, 0.1) is 5.41 Å². The van der Waals surface area contributed by atoms with Gasteiger partial charge in [0.15, 0.2) is 0 Å². The van der Waals surface area contributed by atoms with Crippen LogP contribution in [0.25, 0.3) is 10.8 Å². The number of nitrogens with one attached hydrogen (secondary N) is 2. The number of fused-ring (bicyclic) bond motifs is 1. The number of sulfonamides is 1. The van der Waals surface area contributed by atoms with E-state index in [0.717, 1.165) is 16.8 Å². The van der Waals surface area contributed by atoms with Gasteiger partial charge in [0.05, 0.1) is 10.0 Å². The zero-order valence-corrected chi connectivity index (χ0v) is 23.1. The fraction of sp³-hybridized carbons (Fsp3) is 0.0385. The van der Waals surface area contributed by atoms with E-state index in [-0.39, 0.29) is 37.8 Å². The smallest absolute Gasteiger partial charge is 0.478 e. The zero-order chi connectivity index (χ0) is 31.4. The third kappa shape index (κ3) is 7.81. The number of aliphatic carboxylic acids is 1. The molecule has 0 bridgehead atoms. The third-order valence-electron chi connectivity index (χ3n) is 5.26. The molecule has 0 radical (unpaired) electrons. The molecule has 0 heterocycles. The molecule has 0 atom stereocenters. The summed E-state index contributed by atoms with van der Waals surface area (Å²) in [4.78, 5) is 20.5. The maximum Gasteiger partial charge on any atom is 0.490 e. The Morgan fingerprint density at radius 1 is 0.929 bits per heavy atom. The number of carboxylic acids is 2. The first-order valence-electron chi connectivity index (χ1n) is 11.2. The number of rotatable bonds is 7. The number of hydrogen-bond donors (Lipinski definition) is 5. The van der Waals surface area contributed by atoms with Crippen LogP contribution in [0.3, 0.4) is 0 Å². The topological polar surface area (TPSA) is 180 Å². The maximum absolute atomic E-state index is 12.8. The molecule has 4 rings (SSSR count). The lowest BCUT2D eigenvalue weighted by Gasteiger charge is -2.13. The van der Waals surface area contributed by atoms with E-state index in [1.807, 2.05) is 0 Å². The molecule has 0 amide bonds. The zero-order valence-electron chi connectivity index (χ0n) is 20.7. The standard InChI is InChI=1S/C24H17Cl2N3O5S.C2HF3O2/c25-19-2-1-3-21(22(19)26)35(32,33)29-16-7-9-20(18(12-16)24(30)31)34-17-8-6-13-10-15(23(27)28)5-4-14(13)11-17;3-2(4,5)1(6)7/h1-12,29H,(H3,27,28)(H,30,31);(H,6,7). The number of hydrogen-bond acceptors (Lipinski definition) is 6. The summed E-state index contributed by atoms with van der Waals surface area (Å²) in [6.45, 7) is 0. The summed E-state index contributed by atoms with van der Waals surface area (Å²) in [6.07, 6.45) is -5.08. The summed E-state index contributed by atoms with van der Waals surface area (Å²) >= 11 is 11.9. The Labute approximate surface area is 245 Å². The lowest BCUT2D eigenvalue weighted by molar-refractivity contribution is -0.192. The molecule has 6 N–H and O–H groups in total. The first-order valence-corrected chi connectivity index (χ1v) is 13.4. The summed E-state index contributed by atoms with van der Waals surface area (Å²) in [5, 5.41) is 25.9. The highest BCUT2D eigenvalue weighted by Gasteiger charge is 2.38. The van der Waals surface area contributed by atoms with Crippen LogP contribution in [-0.4, -0.2) is 42.6 Å². The average molecular weight is 644 g/mol. The second kappa shape index (κ2) is 12.5. The van der Waals surface area contributed by atoms with Crippen LogP contribution in [0.1, 0.15) is 15.9 Å². The van der Waals surface area contributed by atoms with Crippen molar-refractivity contribution in [1.29, 1.82) is 5.41 Å². The lowest BCUT2D eigenvalue weighted by atomic mass is 10.1. The highest BCUT2D eigenvalue weighted by molar-refractivity contribution is 7.92. The molecule has 0 fully saturated rings. The SMILES string of the molecule is N=C(N)c1ccc2cc(Oc3ccc(NS(=O)(=O)c4cccc(Cl)c4Cl)cc3C(=O)O)ccc2c1.O=C(O)C(F)(F)F. The van der Waals surface area contributed by atoms with Gasteiger partial charge in [-0.3, -0.25) is 10.1 Å². The molecule has 220 valence electrons. The Morgan fingerprint density at radius 2 is 1.55 bits per heavy atom. The van der Waals surface area contributed by atoms with Crippen LogP contribution in [0.15, 0.2) is 77.7 Å². The average Bonchev–Trinajstić information content (AvgIpc) is 2.90. The number of nitrogens with two attached hydrogens (primary N) is 1. The predicted octanol–water partition coefficient (Wildman–Crippen LogP) is 6.36. The number of nitrogen functional groups attached to an aromatic ring is 1. The number of alkyl halides is 3. The van der Waals surface area contributed by atoms with Crippen molar-refractivity contribution >= 4 is 67.5 Å². The van der Waals surface area contributed by atoms with Crippen LogP contribution in [-0.2, 0) is 14.8 Å². The summed E-state index contributed by atoms with van der Waals surface area (Å²) in [6, 6.07) is 18.4. The molecule has 0 unspecified atom stereocenters. The fourth-order valence-electron chi connectivity index (χ4n) is 3.33. The molecule has 0 aliphatic rings. The van der Waals surface area contributed by atoms with E-state index < -0.39 is 28.1 Å². The molecule has 4 aromatic rings. The van der Waals surface area contributed by atoms with Gasteiger partial charge in [-0.2, -0.15) is 13.2 Å². The number of aromatic carboxylic acids is 1. The van der Waals surface area contributed by atoms with Crippen molar-refractivity contribution in [2.75, 3.05) is 4.72 Å². The summed E-state index contributed by atoms with van der Waals surface area (Å²) in [5.41, 5.74) is 5.85. The first kappa shape index (κ1) is 32.0. The highest BCUT2D eigenvalue weighted by Crippen LogP contribution is 2.33. The van der Waals surface area contributed by atoms with Gasteiger partial charge in [-0.25, -0.2) is 18.0 Å². The van der Waals surface area contributed by atoms with Crippen molar-refractivity contribution in [3.63, 3.8) is 0 Å². The van der Waals surface area contributed by atoms with E-state index in [1.54, 1.807) is 36.4 Å². The molecule has 16 heteroatoms. The van der Waals surface area contributed by atoms with Crippen molar-refractivity contribution in [2.24, 2.45) is 5.73 Å². The van der Waals surface area contributed by atoms with E-state index in [4.69, 9.17) is 49.0 Å². The van der Waals surface area contributed by atoms with Crippen molar-refractivity contribution in [1.82, 2.24) is 0 Å². The molecule has 0 spiro atoms. The normalized spacial score (nSPS) is 11.3. The highest BCUT2D eigenvalue weighted by atomic mass is 35.5. The Bertz CT molecular complexity index is 1820. The molecule has 42 heavy (non-hydrogen) atoms. The lowest BCUT2D eigenvalue weighted by Crippen LogP contribution is -2.21. The van der Waals surface area contributed by atoms with Gasteiger partial charge in [-0.1, -0.05) is 47.5 Å². The van der Waals surface area contributed by atoms with Crippen molar-refractivity contribution in [3.05, 3.63) is 94.0 Å². The Morgan fingerprint density at radius 3 is 2.14 bits per heavy atom. The van der Waals surface area contributed by atoms with Crippen molar-refractivity contribution < 1.29 is 46.1 Å². The number of carboxylic acid groups (broad SMARTS) is 2. The Kier molecular flexibility index (Phi) is 9.56. The number of carbonyl (C=O) groups is 2. The summed E-state index contributed by atoms with van der Waals surface area (Å²) < 4.78 is 65.4. The van der Waals surface area contributed by atoms with Crippen molar-refractivity contribution in [3.8, 4) is 11.5 Å². The Balaban J connectivity index is 0.000000616. The first-order chi connectivity index (χ1) is 19.5. The third-order valence-corrected chi connectivity index (χ3v) is 7.62. The van der Waals surface area contributed by atoms with Crippen LogP contribution in [0.2, 0.25) is 10.0 Å². The molecule has 4 aromatic carbocycles. The largest absolute Gasteiger partial charge is 0.490 e. The second-order valence-electron chi connectivity index (χ2n) is 8.22. The predicted molar refractivity (Wildman–Crippen MR) is 149 cm³/mol. The van der Waals surface area contributed by atoms with Crippen LogP contribution >= 0.6 is 23.2 Å². The molecule has 0 saturated carbocycles. The van der Waals surface area contributed by atoms with E-state index >= 15 is 0 Å². The summed E-state index contributed by atoms with van der Waals surface area (Å²) in [7, 11) is -4.14. The van der Waals surface area contributed by atoms with Gasteiger partial charge in [-0.15, -0.1) is 0 Å². The molecule has 10 nitrogen and oxygen atoms in total. The molecule has 0 aliphatic heterocycles. The van der Waals surface area contributed by atoms with Gasteiger partial charge in [0, 0.05) is 11.3 Å². The van der Waals surface area contributed by atoms with Crippen LogP contribution < -0.4 is 15.2 Å². The minimum Gasteiger partial charge on any atom is -0.478 e. The van der Waals surface area contributed by atoms with Gasteiger partial charge in [-0.05, 0) is 59.3 Å². The van der Waals surface area contributed by atoms with Crippen LogP contribution in [0.4, 0.5) is 18.9 Å². The van der Waals surface area contributed by atoms with E-state index in [2.05, 4.69) is 4.72 Å². The minimum absolute atomic E-state index is 0.000987. The van der Waals surface area contributed by atoms with Gasteiger partial charge in [0.25, 0.3) is 10.0 Å². The second-order valence-corrected chi connectivity index (χ2v) is 10.7. The number of halogens is 5. The van der Waals surface area contributed by atoms with Gasteiger partial charge in [0.2, 0.25) is 0 Å². The molecular formula is C26H18Cl2F3N3O7S. The van der Waals surface area contributed by atoms with E-state index in [0.29, 0.717) is 11.3 Å². The molecule has 0 aromatic heterocycles.